The first-order valence-electron chi connectivity index (χ1n) is 12.5. The van der Waals surface area contributed by atoms with E-state index in [1.54, 1.807) is 7.11 Å². The zero-order chi connectivity index (χ0) is 25.5. The SMILES string of the molecule is COc1ccccc1C(=O)N(CCN1CCOCC1)Cc1c(-c2ccccc2)noc1N(C)C(C)C. The van der Waals surface area contributed by atoms with Gasteiger partial charge in [-0.1, -0.05) is 47.6 Å². The molecule has 0 saturated carbocycles. The molecule has 1 saturated heterocycles. The van der Waals surface area contributed by atoms with Gasteiger partial charge in [-0.25, -0.2) is 0 Å². The van der Waals surface area contributed by atoms with E-state index >= 15 is 0 Å². The van der Waals surface area contributed by atoms with Crippen LogP contribution in [0.5, 0.6) is 5.75 Å². The summed E-state index contributed by atoms with van der Waals surface area (Å²) in [5, 5.41) is 4.45. The first-order valence-corrected chi connectivity index (χ1v) is 12.5. The van der Waals surface area contributed by atoms with Gasteiger partial charge in [0.25, 0.3) is 5.91 Å². The summed E-state index contributed by atoms with van der Waals surface area (Å²) in [6.45, 7) is 9.03. The highest BCUT2D eigenvalue weighted by Crippen LogP contribution is 2.33. The van der Waals surface area contributed by atoms with Crippen molar-refractivity contribution in [3.05, 3.63) is 65.7 Å². The van der Waals surface area contributed by atoms with E-state index in [9.17, 15) is 4.79 Å². The third-order valence-electron chi connectivity index (χ3n) is 6.67. The third-order valence-corrected chi connectivity index (χ3v) is 6.67. The van der Waals surface area contributed by atoms with Crippen molar-refractivity contribution in [2.75, 3.05) is 58.5 Å². The van der Waals surface area contributed by atoms with Gasteiger partial charge in [0.2, 0.25) is 5.88 Å². The van der Waals surface area contributed by atoms with Gasteiger partial charge >= 0.3 is 0 Å². The van der Waals surface area contributed by atoms with E-state index < -0.39 is 0 Å². The number of para-hydroxylation sites is 1. The van der Waals surface area contributed by atoms with Gasteiger partial charge in [0, 0.05) is 44.8 Å². The van der Waals surface area contributed by atoms with Gasteiger partial charge in [0.1, 0.15) is 11.4 Å². The number of anilines is 1. The standard InChI is InChI=1S/C28H36N4O4/c1-21(2)30(3)28-24(26(29-36-28)22-10-6-5-7-11-22)20-32(15-14-31-16-18-35-19-17-31)27(33)23-12-8-9-13-25(23)34-4/h5-13,21H,14-20H2,1-4H3. The molecule has 0 atom stereocenters. The number of amides is 1. The van der Waals surface area contributed by atoms with E-state index in [-0.39, 0.29) is 11.9 Å². The Balaban J connectivity index is 1.71. The molecule has 1 aliphatic heterocycles. The van der Waals surface area contributed by atoms with E-state index in [4.69, 9.17) is 14.0 Å². The fourth-order valence-electron chi connectivity index (χ4n) is 4.30. The number of ether oxygens (including phenoxy) is 2. The van der Waals surface area contributed by atoms with Crippen molar-refractivity contribution in [1.82, 2.24) is 15.0 Å². The number of nitrogens with zero attached hydrogens (tertiary/aromatic N) is 4. The van der Waals surface area contributed by atoms with E-state index in [0.717, 1.165) is 36.5 Å². The predicted octanol–water partition coefficient (Wildman–Crippen LogP) is 4.17. The Labute approximate surface area is 213 Å². The van der Waals surface area contributed by atoms with E-state index in [0.29, 0.717) is 43.5 Å². The Morgan fingerprint density at radius 1 is 1.08 bits per heavy atom. The van der Waals surface area contributed by atoms with Crippen molar-refractivity contribution in [3.63, 3.8) is 0 Å². The molecule has 0 bridgehead atoms. The van der Waals surface area contributed by atoms with Crippen molar-refractivity contribution < 1.29 is 18.8 Å². The van der Waals surface area contributed by atoms with Gasteiger partial charge in [0.05, 0.1) is 38.0 Å². The topological polar surface area (TPSA) is 71.3 Å². The largest absolute Gasteiger partial charge is 0.496 e. The Bertz CT molecular complexity index is 1130. The molecule has 0 N–H and O–H groups in total. The summed E-state index contributed by atoms with van der Waals surface area (Å²) in [6, 6.07) is 17.5. The molecule has 1 fully saturated rings. The van der Waals surface area contributed by atoms with Crippen molar-refractivity contribution in [2.24, 2.45) is 0 Å². The average Bonchev–Trinajstić information content (AvgIpc) is 3.34. The van der Waals surface area contributed by atoms with Crippen LogP contribution >= 0.6 is 0 Å². The molecule has 0 unspecified atom stereocenters. The lowest BCUT2D eigenvalue weighted by atomic mass is 10.1. The molecule has 3 aromatic rings. The molecule has 1 aliphatic rings. The molecule has 1 amide bonds. The van der Waals surface area contributed by atoms with Crippen LogP contribution in [0.25, 0.3) is 11.3 Å². The summed E-state index contributed by atoms with van der Waals surface area (Å²) in [5.41, 5.74) is 3.14. The summed E-state index contributed by atoms with van der Waals surface area (Å²) in [5.74, 6) is 1.15. The molecule has 2 aromatic carbocycles. The quantitative estimate of drug-likeness (QED) is 0.421. The fourth-order valence-corrected chi connectivity index (χ4v) is 4.30. The van der Waals surface area contributed by atoms with Gasteiger partial charge < -0.3 is 23.8 Å². The minimum absolute atomic E-state index is 0.0842. The molecule has 36 heavy (non-hydrogen) atoms. The van der Waals surface area contributed by atoms with Gasteiger partial charge in [-0.2, -0.15) is 0 Å². The number of carbonyl (C=O) groups excluding carboxylic acids is 1. The Kier molecular flexibility index (Phi) is 8.61. The average molecular weight is 493 g/mol. The lowest BCUT2D eigenvalue weighted by molar-refractivity contribution is 0.0320. The number of carbonyl (C=O) groups is 1. The summed E-state index contributed by atoms with van der Waals surface area (Å²) < 4.78 is 16.9. The normalized spacial score (nSPS) is 14.1. The van der Waals surface area contributed by atoms with Crippen LogP contribution < -0.4 is 9.64 Å². The van der Waals surface area contributed by atoms with Gasteiger partial charge in [-0.05, 0) is 26.0 Å². The summed E-state index contributed by atoms with van der Waals surface area (Å²) in [4.78, 5) is 20.2. The van der Waals surface area contributed by atoms with Crippen LogP contribution in [0.2, 0.25) is 0 Å². The highest BCUT2D eigenvalue weighted by Gasteiger charge is 2.28. The monoisotopic (exact) mass is 492 g/mol. The van der Waals surface area contributed by atoms with Crippen molar-refractivity contribution >= 4 is 11.8 Å². The van der Waals surface area contributed by atoms with Crippen LogP contribution in [0.4, 0.5) is 5.88 Å². The summed E-state index contributed by atoms with van der Waals surface area (Å²) in [7, 11) is 3.58. The highest BCUT2D eigenvalue weighted by molar-refractivity contribution is 5.97. The molecule has 192 valence electrons. The minimum atomic E-state index is -0.0842. The second-order valence-electron chi connectivity index (χ2n) is 9.27. The molecule has 4 rings (SSSR count). The molecular weight excluding hydrogens is 456 g/mol. The lowest BCUT2D eigenvalue weighted by Gasteiger charge is -2.31. The maximum absolute atomic E-state index is 13.9. The van der Waals surface area contributed by atoms with E-state index in [2.05, 4.69) is 28.8 Å². The Hall–Kier alpha value is -3.36. The predicted molar refractivity (Wildman–Crippen MR) is 140 cm³/mol. The van der Waals surface area contributed by atoms with E-state index in [1.165, 1.54) is 0 Å². The smallest absolute Gasteiger partial charge is 0.257 e. The summed E-state index contributed by atoms with van der Waals surface area (Å²) in [6.07, 6.45) is 0. The Morgan fingerprint density at radius 3 is 2.47 bits per heavy atom. The Morgan fingerprint density at radius 2 is 1.78 bits per heavy atom. The van der Waals surface area contributed by atoms with Crippen LogP contribution in [0.3, 0.4) is 0 Å². The number of morpholine rings is 1. The lowest BCUT2D eigenvalue weighted by Crippen LogP contribution is -2.43. The minimum Gasteiger partial charge on any atom is -0.496 e. The van der Waals surface area contributed by atoms with Crippen molar-refractivity contribution in [2.45, 2.75) is 26.4 Å². The molecule has 0 spiro atoms. The molecule has 2 heterocycles. The molecule has 0 aliphatic carbocycles. The van der Waals surface area contributed by atoms with Gasteiger partial charge in [0.15, 0.2) is 0 Å². The second-order valence-corrected chi connectivity index (χ2v) is 9.27. The number of rotatable bonds is 10. The number of hydrogen-bond donors (Lipinski definition) is 0. The van der Waals surface area contributed by atoms with Crippen molar-refractivity contribution in [3.8, 4) is 17.0 Å². The maximum Gasteiger partial charge on any atom is 0.257 e. The molecular formula is C28H36N4O4. The van der Waals surface area contributed by atoms with Crippen LogP contribution in [0.1, 0.15) is 29.8 Å². The highest BCUT2D eigenvalue weighted by atomic mass is 16.5. The van der Waals surface area contributed by atoms with Crippen LogP contribution in [0.15, 0.2) is 59.1 Å². The van der Waals surface area contributed by atoms with Crippen LogP contribution in [-0.4, -0.2) is 80.5 Å². The van der Waals surface area contributed by atoms with Crippen molar-refractivity contribution in [1.29, 1.82) is 0 Å². The first-order chi connectivity index (χ1) is 17.5. The number of hydrogen-bond acceptors (Lipinski definition) is 7. The third kappa shape index (κ3) is 5.88. The van der Waals surface area contributed by atoms with Gasteiger partial charge in [-0.15, -0.1) is 0 Å². The number of methoxy groups -OCH3 is 1. The summed E-state index contributed by atoms with van der Waals surface area (Å²) >= 11 is 0. The van der Waals surface area contributed by atoms with Crippen LogP contribution in [0, 0.1) is 0 Å². The van der Waals surface area contributed by atoms with Gasteiger partial charge in [-0.3, -0.25) is 9.69 Å². The fraction of sp³-hybridized carbons (Fsp3) is 0.429. The molecule has 8 heteroatoms. The molecule has 0 radical (unpaired) electrons. The zero-order valence-corrected chi connectivity index (χ0v) is 21.6. The zero-order valence-electron chi connectivity index (χ0n) is 21.6. The number of benzene rings is 2. The maximum atomic E-state index is 13.9. The van der Waals surface area contributed by atoms with E-state index in [1.807, 2.05) is 66.5 Å². The number of aromatic nitrogens is 1. The molecule has 1 aromatic heterocycles. The van der Waals surface area contributed by atoms with Crippen LogP contribution in [-0.2, 0) is 11.3 Å². The second kappa shape index (κ2) is 12.1. The first kappa shape index (κ1) is 25.7. The molecule has 8 nitrogen and oxygen atoms in total.